The van der Waals surface area contributed by atoms with Gasteiger partial charge in [0.25, 0.3) is 5.91 Å². The molecule has 0 spiro atoms. The molecule has 3 N–H and O–H groups in total. The van der Waals surface area contributed by atoms with E-state index in [4.69, 9.17) is 15.0 Å². The second-order valence-electron chi connectivity index (χ2n) is 3.93. The number of nitrogens with two attached hydrogens (primary N) is 1. The lowest BCUT2D eigenvalue weighted by molar-refractivity contribution is 0.0949. The highest BCUT2D eigenvalue weighted by Crippen LogP contribution is 2.19. The van der Waals surface area contributed by atoms with Crippen molar-refractivity contribution in [3.8, 4) is 5.75 Å². The van der Waals surface area contributed by atoms with Crippen molar-refractivity contribution >= 4 is 5.91 Å². The lowest BCUT2D eigenvalue weighted by Gasteiger charge is -2.07. The highest BCUT2D eigenvalue weighted by molar-refractivity contribution is 5.94. The summed E-state index contributed by atoms with van der Waals surface area (Å²) in [5.41, 5.74) is 2.81. The summed E-state index contributed by atoms with van der Waals surface area (Å²) in [5, 5.41) is 0. The zero-order valence-electron chi connectivity index (χ0n) is 10.3. The molecule has 5 nitrogen and oxygen atoms in total. The molecule has 0 bridgehead atoms. The van der Waals surface area contributed by atoms with Crippen molar-refractivity contribution in [3.05, 3.63) is 53.2 Å². The van der Waals surface area contributed by atoms with Crippen molar-refractivity contribution in [1.82, 2.24) is 5.43 Å². The Balaban J connectivity index is 2.08. The zero-order valence-corrected chi connectivity index (χ0v) is 10.3. The maximum absolute atomic E-state index is 13.1. The van der Waals surface area contributed by atoms with Crippen LogP contribution < -0.4 is 16.0 Å². The van der Waals surface area contributed by atoms with E-state index in [1.54, 1.807) is 13.0 Å². The molecule has 0 radical (unpaired) electrons. The van der Waals surface area contributed by atoms with E-state index in [-0.39, 0.29) is 12.4 Å². The van der Waals surface area contributed by atoms with Crippen LogP contribution in [-0.4, -0.2) is 5.91 Å². The number of amides is 1. The largest absolute Gasteiger partial charge is 0.486 e. The van der Waals surface area contributed by atoms with E-state index in [1.807, 2.05) is 5.43 Å². The number of rotatable bonds is 4. The molecule has 2 rings (SSSR count). The van der Waals surface area contributed by atoms with Crippen molar-refractivity contribution in [3.63, 3.8) is 0 Å². The minimum Gasteiger partial charge on any atom is -0.486 e. The summed E-state index contributed by atoms with van der Waals surface area (Å²) < 4.78 is 23.7. The van der Waals surface area contributed by atoms with Gasteiger partial charge in [-0.15, -0.1) is 0 Å². The zero-order chi connectivity index (χ0) is 13.8. The third kappa shape index (κ3) is 2.92. The highest BCUT2D eigenvalue weighted by atomic mass is 19.1. The van der Waals surface area contributed by atoms with Gasteiger partial charge in [-0.3, -0.25) is 10.2 Å². The number of nitrogen functional groups attached to an aromatic ring is 1. The predicted octanol–water partition coefficient (Wildman–Crippen LogP) is 1.91. The van der Waals surface area contributed by atoms with Gasteiger partial charge in [-0.2, -0.15) is 0 Å². The van der Waals surface area contributed by atoms with Gasteiger partial charge in [0, 0.05) is 0 Å². The summed E-state index contributed by atoms with van der Waals surface area (Å²) in [4.78, 5) is 11.4. The van der Waals surface area contributed by atoms with Gasteiger partial charge < -0.3 is 9.15 Å². The van der Waals surface area contributed by atoms with E-state index in [0.29, 0.717) is 22.6 Å². The van der Waals surface area contributed by atoms with Gasteiger partial charge in [0.05, 0.1) is 11.8 Å². The van der Waals surface area contributed by atoms with Gasteiger partial charge in [-0.05, 0) is 36.8 Å². The molecular weight excluding hydrogens is 251 g/mol. The summed E-state index contributed by atoms with van der Waals surface area (Å²) in [5.74, 6) is 5.15. The Kier molecular flexibility index (Phi) is 3.82. The molecule has 1 amide bonds. The van der Waals surface area contributed by atoms with Crippen LogP contribution in [0, 0.1) is 12.7 Å². The van der Waals surface area contributed by atoms with Crippen molar-refractivity contribution in [2.75, 3.05) is 0 Å². The Bertz CT molecular complexity index is 595. The quantitative estimate of drug-likeness (QED) is 0.502. The van der Waals surface area contributed by atoms with E-state index in [9.17, 15) is 9.18 Å². The number of hydrazine groups is 1. The molecule has 0 fully saturated rings. The van der Waals surface area contributed by atoms with Crippen molar-refractivity contribution in [2.45, 2.75) is 13.5 Å². The first-order chi connectivity index (χ1) is 9.11. The molecule has 1 heterocycles. The van der Waals surface area contributed by atoms with E-state index in [1.165, 1.54) is 24.5 Å². The first kappa shape index (κ1) is 13.1. The fourth-order valence-electron chi connectivity index (χ4n) is 1.59. The lowest BCUT2D eigenvalue weighted by Crippen LogP contribution is -2.30. The maximum Gasteiger partial charge on any atom is 0.268 e. The average molecular weight is 264 g/mol. The van der Waals surface area contributed by atoms with Crippen LogP contribution in [0.2, 0.25) is 0 Å². The molecule has 100 valence electrons. The summed E-state index contributed by atoms with van der Waals surface area (Å²) >= 11 is 0. The molecule has 1 aromatic carbocycles. The summed E-state index contributed by atoms with van der Waals surface area (Å²) in [7, 11) is 0. The molecular formula is C13H13FN2O3. The number of hydrogen-bond donors (Lipinski definition) is 2. The van der Waals surface area contributed by atoms with Gasteiger partial charge >= 0.3 is 0 Å². The number of hydrogen-bond acceptors (Lipinski definition) is 4. The van der Waals surface area contributed by atoms with Crippen LogP contribution in [0.3, 0.4) is 0 Å². The third-order valence-corrected chi connectivity index (χ3v) is 2.62. The van der Waals surface area contributed by atoms with Gasteiger partial charge in [0.2, 0.25) is 0 Å². The Labute approximate surface area is 109 Å². The molecule has 0 aliphatic heterocycles. The molecule has 0 unspecified atom stereocenters. The Morgan fingerprint density at radius 1 is 1.47 bits per heavy atom. The summed E-state index contributed by atoms with van der Waals surface area (Å²) in [6.45, 7) is 1.70. The third-order valence-electron chi connectivity index (χ3n) is 2.62. The number of nitrogens with one attached hydrogen (secondary N) is 1. The average Bonchev–Trinajstić information content (AvgIpc) is 2.87. The van der Waals surface area contributed by atoms with Crippen LogP contribution in [0.15, 0.2) is 34.9 Å². The van der Waals surface area contributed by atoms with Crippen LogP contribution >= 0.6 is 0 Å². The molecule has 0 aliphatic carbocycles. The predicted molar refractivity (Wildman–Crippen MR) is 65.8 cm³/mol. The Hall–Kier alpha value is -2.34. The molecule has 1 aromatic heterocycles. The number of benzene rings is 1. The Morgan fingerprint density at radius 2 is 2.26 bits per heavy atom. The second kappa shape index (κ2) is 5.53. The molecule has 0 saturated heterocycles. The van der Waals surface area contributed by atoms with Crippen molar-refractivity contribution in [1.29, 1.82) is 0 Å². The molecule has 0 saturated carbocycles. The number of carbonyl (C=O) groups excluding carboxylic acids is 1. The maximum atomic E-state index is 13.1. The van der Waals surface area contributed by atoms with E-state index < -0.39 is 5.91 Å². The van der Waals surface area contributed by atoms with E-state index in [0.717, 1.165) is 0 Å². The van der Waals surface area contributed by atoms with Gasteiger partial charge in [-0.25, -0.2) is 10.2 Å². The SMILES string of the molecule is Cc1cc(OCc2occc2C(=O)NN)ccc1F. The molecule has 0 atom stereocenters. The standard InChI is InChI=1S/C13H13FN2O3/c1-8-6-9(2-3-11(8)14)19-7-12-10(4-5-18-12)13(17)16-15/h2-6H,7,15H2,1H3,(H,16,17). The van der Waals surface area contributed by atoms with Crippen molar-refractivity contribution < 1.29 is 18.3 Å². The molecule has 0 aliphatic rings. The minimum absolute atomic E-state index is 0.0564. The Morgan fingerprint density at radius 3 is 2.95 bits per heavy atom. The molecule has 6 heteroatoms. The first-order valence-electron chi connectivity index (χ1n) is 5.58. The van der Waals surface area contributed by atoms with Gasteiger partial charge in [0.1, 0.15) is 18.2 Å². The van der Waals surface area contributed by atoms with Crippen LogP contribution in [0.1, 0.15) is 21.7 Å². The van der Waals surface area contributed by atoms with Crippen LogP contribution in [0.25, 0.3) is 0 Å². The molecule has 19 heavy (non-hydrogen) atoms. The fraction of sp³-hybridized carbons (Fsp3) is 0.154. The lowest BCUT2D eigenvalue weighted by atomic mass is 10.2. The minimum atomic E-state index is -0.456. The number of carbonyl (C=O) groups is 1. The number of halogens is 1. The van der Waals surface area contributed by atoms with Crippen LogP contribution in [0.5, 0.6) is 5.75 Å². The number of aryl methyl sites for hydroxylation is 1. The van der Waals surface area contributed by atoms with Crippen molar-refractivity contribution in [2.24, 2.45) is 5.84 Å². The van der Waals surface area contributed by atoms with Crippen LogP contribution in [-0.2, 0) is 6.61 Å². The smallest absolute Gasteiger partial charge is 0.268 e. The fourth-order valence-corrected chi connectivity index (χ4v) is 1.59. The topological polar surface area (TPSA) is 77.5 Å². The second-order valence-corrected chi connectivity index (χ2v) is 3.93. The highest BCUT2D eigenvalue weighted by Gasteiger charge is 2.14. The first-order valence-corrected chi connectivity index (χ1v) is 5.58. The van der Waals surface area contributed by atoms with E-state index >= 15 is 0 Å². The summed E-state index contributed by atoms with van der Waals surface area (Å²) in [6.07, 6.45) is 1.37. The van der Waals surface area contributed by atoms with E-state index in [2.05, 4.69) is 0 Å². The monoisotopic (exact) mass is 264 g/mol. The number of furan rings is 1. The number of ether oxygens (including phenoxy) is 1. The normalized spacial score (nSPS) is 10.3. The molecule has 2 aromatic rings. The summed E-state index contributed by atoms with van der Waals surface area (Å²) in [6, 6.07) is 5.89. The van der Waals surface area contributed by atoms with Gasteiger partial charge in [-0.1, -0.05) is 0 Å². The van der Waals surface area contributed by atoms with Gasteiger partial charge in [0.15, 0.2) is 5.76 Å². The van der Waals surface area contributed by atoms with Crippen LogP contribution in [0.4, 0.5) is 4.39 Å².